The van der Waals surface area contributed by atoms with Crippen molar-refractivity contribution in [1.82, 2.24) is 0 Å². The fourth-order valence-corrected chi connectivity index (χ4v) is 1.20. The van der Waals surface area contributed by atoms with Crippen LogP contribution in [0.15, 0.2) is 18.2 Å². The summed E-state index contributed by atoms with van der Waals surface area (Å²) in [5.74, 6) is 0.815. The second-order valence-electron chi connectivity index (χ2n) is 4.24. The van der Waals surface area contributed by atoms with Gasteiger partial charge in [-0.3, -0.25) is 0 Å². The van der Waals surface area contributed by atoms with Gasteiger partial charge in [-0.25, -0.2) is 0 Å². The van der Waals surface area contributed by atoms with Crippen molar-refractivity contribution in [2.24, 2.45) is 0 Å². The van der Waals surface area contributed by atoms with Crippen LogP contribution in [0.2, 0.25) is 0 Å². The van der Waals surface area contributed by atoms with Gasteiger partial charge in [0.05, 0.1) is 13.2 Å². The van der Waals surface area contributed by atoms with E-state index in [2.05, 4.69) is 13.8 Å². The fraction of sp³-hybridized carbons (Fsp3) is 0.538. The lowest BCUT2D eigenvalue weighted by molar-refractivity contribution is 0.0450. The summed E-state index contributed by atoms with van der Waals surface area (Å²) in [6, 6.07) is 5.81. The highest BCUT2D eigenvalue weighted by molar-refractivity contribution is 5.37. The van der Waals surface area contributed by atoms with Gasteiger partial charge in [0, 0.05) is 0 Å². The van der Waals surface area contributed by atoms with E-state index in [1.54, 1.807) is 6.07 Å². The Labute approximate surface area is 102 Å². The topological polar surface area (TPSA) is 80.9 Å². The largest absolute Gasteiger partial charge is 0.508 e. The normalized spacial score (nSPS) is 10.4. The highest BCUT2D eigenvalue weighted by Crippen LogP contribution is 2.25. The molecule has 98 valence electrons. The van der Waals surface area contributed by atoms with E-state index in [-0.39, 0.29) is 13.2 Å². The summed E-state index contributed by atoms with van der Waals surface area (Å²) in [7, 11) is 0. The molecule has 0 fully saturated rings. The van der Waals surface area contributed by atoms with Crippen LogP contribution in [0.3, 0.4) is 0 Å². The van der Waals surface area contributed by atoms with Crippen molar-refractivity contribution in [3.63, 3.8) is 0 Å². The van der Waals surface area contributed by atoms with Gasteiger partial charge in [0.25, 0.3) is 0 Å². The third kappa shape index (κ3) is 6.26. The van der Waals surface area contributed by atoms with E-state index < -0.39 is 6.10 Å². The van der Waals surface area contributed by atoms with Crippen LogP contribution in [0.1, 0.15) is 30.9 Å². The van der Waals surface area contributed by atoms with Crippen LogP contribution in [-0.4, -0.2) is 39.7 Å². The number of hydrogen-bond acceptors (Lipinski definition) is 4. The quantitative estimate of drug-likeness (QED) is 0.641. The monoisotopic (exact) mass is 242 g/mol. The summed E-state index contributed by atoms with van der Waals surface area (Å²) in [6.07, 6.45) is -0.954. The van der Waals surface area contributed by atoms with Crippen molar-refractivity contribution in [2.45, 2.75) is 32.8 Å². The molecule has 0 aliphatic rings. The van der Waals surface area contributed by atoms with E-state index in [9.17, 15) is 5.11 Å². The maximum Gasteiger partial charge on any atom is 0.119 e. The molecule has 0 bridgehead atoms. The predicted octanol–water partition coefficient (Wildman–Crippen LogP) is 1.16. The summed E-state index contributed by atoms with van der Waals surface area (Å²) >= 11 is 0. The molecule has 0 amide bonds. The molecule has 4 N–H and O–H groups in total. The first kappa shape index (κ1) is 15.9. The molecule has 1 aromatic rings. The van der Waals surface area contributed by atoms with Crippen LogP contribution in [-0.2, 0) is 0 Å². The zero-order chi connectivity index (χ0) is 13.4. The number of rotatable bonds is 3. The number of aliphatic hydroxyl groups is 3. The van der Waals surface area contributed by atoms with Crippen LogP contribution < -0.4 is 0 Å². The molecule has 0 saturated carbocycles. The van der Waals surface area contributed by atoms with E-state index in [0.29, 0.717) is 11.7 Å². The van der Waals surface area contributed by atoms with Crippen molar-refractivity contribution in [3.05, 3.63) is 29.3 Å². The lowest BCUT2D eigenvalue weighted by atomic mass is 10.0. The van der Waals surface area contributed by atoms with E-state index in [1.165, 1.54) is 0 Å². The first-order valence-corrected chi connectivity index (χ1v) is 5.61. The molecule has 0 aromatic heterocycles. The fourth-order valence-electron chi connectivity index (χ4n) is 1.20. The Bertz CT molecular complexity index is 319. The molecule has 0 saturated heterocycles. The van der Waals surface area contributed by atoms with Gasteiger partial charge in [-0.1, -0.05) is 26.0 Å². The van der Waals surface area contributed by atoms with Gasteiger partial charge in [0.15, 0.2) is 0 Å². The lowest BCUT2D eigenvalue weighted by Gasteiger charge is -2.07. The second kappa shape index (κ2) is 8.06. The van der Waals surface area contributed by atoms with E-state index in [4.69, 9.17) is 15.3 Å². The van der Waals surface area contributed by atoms with E-state index >= 15 is 0 Å². The van der Waals surface area contributed by atoms with Gasteiger partial charge in [-0.15, -0.1) is 0 Å². The van der Waals surface area contributed by atoms with Crippen LogP contribution in [0, 0.1) is 6.92 Å². The van der Waals surface area contributed by atoms with Crippen molar-refractivity contribution in [1.29, 1.82) is 0 Å². The van der Waals surface area contributed by atoms with E-state index in [1.807, 2.05) is 19.1 Å². The molecule has 0 aliphatic carbocycles. The molecule has 0 radical (unpaired) electrons. The molecular formula is C13H22O4. The van der Waals surface area contributed by atoms with Crippen LogP contribution in [0.25, 0.3) is 0 Å². The highest BCUT2D eigenvalue weighted by atomic mass is 16.3. The van der Waals surface area contributed by atoms with Gasteiger partial charge in [0.1, 0.15) is 11.9 Å². The maximum atomic E-state index is 9.46. The third-order valence-corrected chi connectivity index (χ3v) is 2.23. The van der Waals surface area contributed by atoms with Crippen LogP contribution in [0.5, 0.6) is 5.75 Å². The van der Waals surface area contributed by atoms with Crippen LogP contribution >= 0.6 is 0 Å². The number of hydrogen-bond donors (Lipinski definition) is 4. The number of aromatic hydroxyl groups is 1. The van der Waals surface area contributed by atoms with Crippen molar-refractivity contribution in [3.8, 4) is 5.75 Å². The van der Waals surface area contributed by atoms with E-state index in [0.717, 1.165) is 11.1 Å². The molecular weight excluding hydrogens is 220 g/mol. The third-order valence-electron chi connectivity index (χ3n) is 2.23. The number of phenols is 1. The summed E-state index contributed by atoms with van der Waals surface area (Å²) in [4.78, 5) is 0. The minimum Gasteiger partial charge on any atom is -0.508 e. The molecule has 0 atom stereocenters. The van der Waals surface area contributed by atoms with Gasteiger partial charge in [0.2, 0.25) is 0 Å². The average molecular weight is 242 g/mol. The molecule has 0 spiro atoms. The molecule has 0 aliphatic heterocycles. The highest BCUT2D eigenvalue weighted by Gasteiger charge is 2.03. The summed E-state index contributed by atoms with van der Waals surface area (Å²) < 4.78 is 0. The molecule has 0 heterocycles. The molecule has 0 unspecified atom stereocenters. The Hall–Kier alpha value is -1.10. The Morgan fingerprint density at radius 3 is 1.94 bits per heavy atom. The summed E-state index contributed by atoms with van der Waals surface area (Å²) in [6.45, 7) is 5.39. The van der Waals surface area contributed by atoms with Gasteiger partial charge >= 0.3 is 0 Å². The first-order chi connectivity index (χ1) is 7.92. The zero-order valence-electron chi connectivity index (χ0n) is 10.6. The van der Waals surface area contributed by atoms with Gasteiger partial charge in [-0.05, 0) is 30.0 Å². The molecule has 1 aromatic carbocycles. The maximum absolute atomic E-state index is 9.46. The number of aliphatic hydroxyl groups excluding tert-OH is 3. The van der Waals surface area contributed by atoms with Gasteiger partial charge < -0.3 is 20.4 Å². The minimum atomic E-state index is -0.954. The zero-order valence-corrected chi connectivity index (χ0v) is 10.6. The number of phenolic OH excluding ortho intramolecular Hbond substituents is 1. The summed E-state index contributed by atoms with van der Waals surface area (Å²) in [5.41, 5.74) is 2.13. The predicted molar refractivity (Wildman–Crippen MR) is 67.1 cm³/mol. The standard InChI is InChI=1S/C10H14O.C3H8O3/c1-7(2)9-5-4-8(3)6-10(9)11;4-1-3(6)2-5/h4-7,11H,1-3H3;3-6H,1-2H2. The van der Waals surface area contributed by atoms with Crippen molar-refractivity contribution < 1.29 is 20.4 Å². The molecule has 4 heteroatoms. The first-order valence-electron chi connectivity index (χ1n) is 5.61. The number of aryl methyl sites for hydroxylation is 1. The lowest BCUT2D eigenvalue weighted by Crippen LogP contribution is -2.15. The molecule has 17 heavy (non-hydrogen) atoms. The minimum absolute atomic E-state index is 0.365. The Balaban J connectivity index is 0.000000366. The average Bonchev–Trinajstić information content (AvgIpc) is 2.28. The van der Waals surface area contributed by atoms with Gasteiger partial charge in [-0.2, -0.15) is 0 Å². The Morgan fingerprint density at radius 2 is 1.65 bits per heavy atom. The Kier molecular flexibility index (Phi) is 7.54. The smallest absolute Gasteiger partial charge is 0.119 e. The van der Waals surface area contributed by atoms with Crippen molar-refractivity contribution >= 4 is 0 Å². The summed E-state index contributed by atoms with van der Waals surface area (Å²) in [5, 5.41) is 33.5. The molecule has 4 nitrogen and oxygen atoms in total. The Morgan fingerprint density at radius 1 is 1.12 bits per heavy atom. The van der Waals surface area contributed by atoms with Crippen LogP contribution in [0.4, 0.5) is 0 Å². The number of benzene rings is 1. The SMILES string of the molecule is Cc1ccc(C(C)C)c(O)c1.OCC(O)CO. The second-order valence-corrected chi connectivity index (χ2v) is 4.24. The molecule has 1 rings (SSSR count). The van der Waals surface area contributed by atoms with Crippen molar-refractivity contribution in [2.75, 3.05) is 13.2 Å².